The van der Waals surface area contributed by atoms with Crippen LogP contribution in [0.5, 0.6) is 0 Å². The van der Waals surface area contributed by atoms with E-state index in [0.29, 0.717) is 44.6 Å². The van der Waals surface area contributed by atoms with E-state index in [1.54, 1.807) is 4.90 Å². The van der Waals surface area contributed by atoms with Crippen LogP contribution in [0.2, 0.25) is 0 Å². The second-order valence-electron chi connectivity index (χ2n) is 9.34. The average Bonchev–Trinajstić information content (AvgIpc) is 3.57. The van der Waals surface area contributed by atoms with Crippen LogP contribution in [0, 0.1) is 35.5 Å². The number of ether oxygens (including phenoxy) is 1. The molecule has 2 heterocycles. The molecule has 7 atom stereocenters. The molecule has 30 heavy (non-hydrogen) atoms. The molecule has 4 fully saturated rings. The number of hydrogen-bond acceptors (Lipinski definition) is 4. The number of nitrogens with zero attached hydrogens (tertiary/aromatic N) is 2. The third-order valence-electron chi connectivity index (χ3n) is 7.89. The topological polar surface area (TPSA) is 66.9 Å². The minimum Gasteiger partial charge on any atom is -0.378 e. The molecule has 0 spiro atoms. The highest BCUT2D eigenvalue weighted by atomic mass is 16.5. The van der Waals surface area contributed by atoms with Gasteiger partial charge < -0.3 is 9.64 Å². The zero-order chi connectivity index (χ0) is 20.4. The zero-order valence-corrected chi connectivity index (χ0v) is 16.9. The molecule has 2 saturated heterocycles. The minimum absolute atomic E-state index is 0.128. The van der Waals surface area contributed by atoms with Gasteiger partial charge in [0.2, 0.25) is 17.7 Å². The molecule has 6 heteroatoms. The van der Waals surface area contributed by atoms with Crippen molar-refractivity contribution >= 4 is 17.7 Å². The number of hydrogen-bond donors (Lipinski definition) is 0. The number of rotatable bonds is 4. The average molecular weight is 406 g/mol. The molecule has 6 aliphatic rings. The van der Waals surface area contributed by atoms with Crippen molar-refractivity contribution in [1.82, 2.24) is 9.80 Å². The second kappa shape index (κ2) is 6.77. The van der Waals surface area contributed by atoms with Gasteiger partial charge in [0.05, 0.1) is 25.0 Å². The third kappa shape index (κ3) is 2.62. The maximum absolute atomic E-state index is 13.6. The van der Waals surface area contributed by atoms with E-state index >= 15 is 0 Å². The summed E-state index contributed by atoms with van der Waals surface area (Å²) in [7, 11) is 0. The van der Waals surface area contributed by atoms with Crippen LogP contribution in [0.1, 0.15) is 12.0 Å². The summed E-state index contributed by atoms with van der Waals surface area (Å²) in [6.07, 6.45) is 5.84. The Kier molecular flexibility index (Phi) is 4.13. The Hall–Kier alpha value is -2.47. The third-order valence-corrected chi connectivity index (χ3v) is 7.89. The minimum atomic E-state index is -0.771. The smallest absolute Gasteiger partial charge is 0.246 e. The van der Waals surface area contributed by atoms with Crippen molar-refractivity contribution in [2.24, 2.45) is 35.5 Å². The molecule has 1 aromatic rings. The summed E-state index contributed by atoms with van der Waals surface area (Å²) in [5.74, 6) is 0.520. The molecular weight excluding hydrogens is 380 g/mol. The van der Waals surface area contributed by atoms with Crippen LogP contribution in [0.4, 0.5) is 0 Å². The fourth-order valence-electron chi connectivity index (χ4n) is 6.41. The molecule has 6 nitrogen and oxygen atoms in total. The van der Waals surface area contributed by atoms with Gasteiger partial charge in [0.15, 0.2) is 0 Å². The van der Waals surface area contributed by atoms with Crippen molar-refractivity contribution in [2.75, 3.05) is 26.3 Å². The Morgan fingerprint density at radius 3 is 2.17 bits per heavy atom. The molecule has 7 rings (SSSR count). The van der Waals surface area contributed by atoms with Gasteiger partial charge in [0, 0.05) is 19.5 Å². The fourth-order valence-corrected chi connectivity index (χ4v) is 6.41. The first-order chi connectivity index (χ1) is 14.6. The van der Waals surface area contributed by atoms with E-state index in [1.165, 1.54) is 4.90 Å². The number of likely N-dealkylation sites (tertiary alicyclic amines) is 1. The van der Waals surface area contributed by atoms with E-state index in [-0.39, 0.29) is 41.4 Å². The van der Waals surface area contributed by atoms with Gasteiger partial charge in [-0.05, 0) is 35.7 Å². The molecule has 7 unspecified atom stereocenters. The van der Waals surface area contributed by atoms with Crippen LogP contribution >= 0.6 is 0 Å². The molecule has 0 radical (unpaired) electrons. The van der Waals surface area contributed by atoms with Crippen LogP contribution in [-0.2, 0) is 25.5 Å². The lowest BCUT2D eigenvalue weighted by Crippen LogP contribution is -2.54. The molecule has 3 amide bonds. The predicted molar refractivity (Wildman–Crippen MR) is 108 cm³/mol. The highest BCUT2D eigenvalue weighted by Gasteiger charge is 2.68. The van der Waals surface area contributed by atoms with Gasteiger partial charge in [-0.3, -0.25) is 19.3 Å². The van der Waals surface area contributed by atoms with Crippen molar-refractivity contribution in [1.29, 1.82) is 0 Å². The van der Waals surface area contributed by atoms with E-state index in [2.05, 4.69) is 12.2 Å². The highest BCUT2D eigenvalue weighted by molar-refractivity contribution is 6.09. The Morgan fingerprint density at radius 2 is 1.57 bits per heavy atom. The predicted octanol–water partition coefficient (Wildman–Crippen LogP) is 1.51. The quantitative estimate of drug-likeness (QED) is 0.562. The van der Waals surface area contributed by atoms with E-state index in [4.69, 9.17) is 4.74 Å². The SMILES string of the molecule is O=C(C(Cc1ccccc1)N1C(=O)C2C3C=CC(C4CC34)C2C1=O)N1CCOCC1. The maximum atomic E-state index is 13.6. The Labute approximate surface area is 175 Å². The lowest BCUT2D eigenvalue weighted by atomic mass is 9.63. The van der Waals surface area contributed by atoms with Crippen molar-refractivity contribution in [3.05, 3.63) is 48.0 Å². The lowest BCUT2D eigenvalue weighted by Gasteiger charge is -2.37. The number of allylic oxidation sites excluding steroid dienone is 2. The van der Waals surface area contributed by atoms with Crippen molar-refractivity contribution in [3.63, 3.8) is 0 Å². The summed E-state index contributed by atoms with van der Waals surface area (Å²) in [6.45, 7) is 2.00. The number of morpholine rings is 1. The van der Waals surface area contributed by atoms with Crippen molar-refractivity contribution < 1.29 is 19.1 Å². The molecule has 156 valence electrons. The Morgan fingerprint density at radius 1 is 0.967 bits per heavy atom. The zero-order valence-electron chi connectivity index (χ0n) is 16.9. The number of amides is 3. The number of benzene rings is 1. The first kappa shape index (κ1) is 18.3. The monoisotopic (exact) mass is 406 g/mol. The second-order valence-corrected chi connectivity index (χ2v) is 9.34. The largest absolute Gasteiger partial charge is 0.378 e. The van der Waals surface area contributed by atoms with E-state index < -0.39 is 6.04 Å². The van der Waals surface area contributed by atoms with Gasteiger partial charge in [0.1, 0.15) is 6.04 Å². The van der Waals surface area contributed by atoms with Gasteiger partial charge in [-0.1, -0.05) is 42.5 Å². The molecule has 0 aromatic heterocycles. The molecule has 0 N–H and O–H groups in total. The van der Waals surface area contributed by atoms with Crippen molar-refractivity contribution in [3.8, 4) is 0 Å². The van der Waals surface area contributed by atoms with Gasteiger partial charge in [-0.2, -0.15) is 0 Å². The summed E-state index contributed by atoms with van der Waals surface area (Å²) in [6, 6.07) is 8.93. The summed E-state index contributed by atoms with van der Waals surface area (Å²) in [5, 5.41) is 0. The van der Waals surface area contributed by atoms with Crippen LogP contribution in [0.15, 0.2) is 42.5 Å². The molecule has 2 bridgehead atoms. The lowest BCUT2D eigenvalue weighted by molar-refractivity contribution is -0.153. The summed E-state index contributed by atoms with van der Waals surface area (Å²) < 4.78 is 5.40. The summed E-state index contributed by atoms with van der Waals surface area (Å²) in [4.78, 5) is 43.9. The Bertz CT molecular complexity index is 886. The summed E-state index contributed by atoms with van der Waals surface area (Å²) in [5.41, 5.74) is 0.962. The molecule has 2 aliphatic heterocycles. The fraction of sp³-hybridized carbons (Fsp3) is 0.542. The summed E-state index contributed by atoms with van der Waals surface area (Å²) >= 11 is 0. The van der Waals surface area contributed by atoms with E-state index in [1.807, 2.05) is 30.3 Å². The van der Waals surface area contributed by atoms with E-state index in [0.717, 1.165) is 12.0 Å². The first-order valence-corrected chi connectivity index (χ1v) is 11.1. The molecule has 2 saturated carbocycles. The van der Waals surface area contributed by atoms with Crippen LogP contribution in [-0.4, -0.2) is 59.9 Å². The highest BCUT2D eigenvalue weighted by Crippen LogP contribution is 2.65. The molecule has 1 aromatic carbocycles. The van der Waals surface area contributed by atoms with Crippen LogP contribution in [0.3, 0.4) is 0 Å². The first-order valence-electron chi connectivity index (χ1n) is 11.1. The molecule has 4 aliphatic carbocycles. The number of imide groups is 1. The van der Waals surface area contributed by atoms with E-state index in [9.17, 15) is 14.4 Å². The normalized spacial score (nSPS) is 37.2. The standard InChI is InChI=1S/C24H26N2O4/c27-22(25-8-10-30-11-9-25)19(12-14-4-2-1-3-5-14)26-23(28)20-15-6-7-16(18-13-17(15)18)21(20)24(26)29/h1-7,15-21H,8-13H2. The van der Waals surface area contributed by atoms with Gasteiger partial charge in [0.25, 0.3) is 0 Å². The maximum Gasteiger partial charge on any atom is 0.246 e. The van der Waals surface area contributed by atoms with Crippen molar-refractivity contribution in [2.45, 2.75) is 18.9 Å². The Balaban J connectivity index is 1.34. The number of carbonyl (C=O) groups excluding carboxylic acids is 3. The van der Waals surface area contributed by atoms with Gasteiger partial charge >= 0.3 is 0 Å². The van der Waals surface area contributed by atoms with Gasteiger partial charge in [-0.25, -0.2) is 0 Å². The number of carbonyl (C=O) groups is 3. The molecular formula is C24H26N2O4. The van der Waals surface area contributed by atoms with Crippen LogP contribution < -0.4 is 0 Å². The van der Waals surface area contributed by atoms with Gasteiger partial charge in [-0.15, -0.1) is 0 Å². The van der Waals surface area contributed by atoms with Crippen LogP contribution in [0.25, 0.3) is 0 Å².